The van der Waals surface area contributed by atoms with E-state index in [0.29, 0.717) is 0 Å². The molecule has 0 aliphatic heterocycles. The fourth-order valence-electron chi connectivity index (χ4n) is 1.64. The fraction of sp³-hybridized carbons (Fsp3) is 0.538. The van der Waals surface area contributed by atoms with Crippen LogP contribution in [0.4, 0.5) is 0 Å². The van der Waals surface area contributed by atoms with Crippen LogP contribution < -0.4 is 5.32 Å². The summed E-state index contributed by atoms with van der Waals surface area (Å²) in [6, 6.07) is 2.98. The van der Waals surface area contributed by atoms with Gasteiger partial charge in [0.15, 0.2) is 0 Å². The van der Waals surface area contributed by atoms with Crippen LogP contribution in [0.2, 0.25) is 10.3 Å². The van der Waals surface area contributed by atoms with E-state index in [-0.39, 0.29) is 41.3 Å². The van der Waals surface area contributed by atoms with E-state index in [4.69, 9.17) is 27.9 Å². The van der Waals surface area contributed by atoms with Crippen molar-refractivity contribution in [3.8, 4) is 0 Å². The normalized spacial score (nSPS) is 11.6. The van der Waals surface area contributed by atoms with E-state index in [2.05, 4.69) is 17.2 Å². The molecule has 0 saturated heterocycles. The van der Waals surface area contributed by atoms with E-state index in [9.17, 15) is 4.79 Å². The quantitative estimate of drug-likeness (QED) is 0.608. The van der Waals surface area contributed by atoms with E-state index in [0.717, 1.165) is 24.8 Å². The molecule has 1 heterocycles. The number of rotatable bonds is 7. The number of pyridine rings is 1. The Labute approximate surface area is 135 Å². The summed E-state index contributed by atoms with van der Waals surface area (Å²) < 4.78 is 5.24. The van der Waals surface area contributed by atoms with Crippen molar-refractivity contribution in [2.75, 3.05) is 7.05 Å². The van der Waals surface area contributed by atoms with E-state index in [1.807, 2.05) is 0 Å². The Balaban J connectivity index is 0.00000361. The van der Waals surface area contributed by atoms with Crippen LogP contribution in [0.25, 0.3) is 0 Å². The summed E-state index contributed by atoms with van der Waals surface area (Å²) in [6.45, 7) is 2.23. The second kappa shape index (κ2) is 10.2. The molecule has 4 nitrogen and oxygen atoms in total. The lowest BCUT2D eigenvalue weighted by atomic mass is 10.1. The Morgan fingerprint density at radius 3 is 2.50 bits per heavy atom. The topological polar surface area (TPSA) is 51.2 Å². The first-order valence-electron chi connectivity index (χ1n) is 6.22. The van der Waals surface area contributed by atoms with Crippen LogP contribution in [0.3, 0.4) is 0 Å². The summed E-state index contributed by atoms with van der Waals surface area (Å²) >= 11 is 11.6. The van der Waals surface area contributed by atoms with Gasteiger partial charge in [0.1, 0.15) is 23.0 Å². The average molecular weight is 342 g/mol. The molecule has 0 amide bonds. The molecule has 0 bridgehead atoms. The van der Waals surface area contributed by atoms with Gasteiger partial charge in [-0.25, -0.2) is 4.98 Å². The van der Waals surface area contributed by atoms with Crippen LogP contribution >= 0.6 is 35.6 Å². The number of unbranched alkanes of at least 4 members (excludes halogenated alkanes) is 1. The molecule has 0 saturated carbocycles. The zero-order chi connectivity index (χ0) is 14.3. The number of nitrogens with one attached hydrogen (secondary N) is 1. The SMILES string of the molecule is CCCC[C@H](NC)C(=O)OCc1cc(Cl)nc(Cl)c1.Cl. The van der Waals surface area contributed by atoms with Gasteiger partial charge in [-0.05, 0) is 31.2 Å². The minimum atomic E-state index is -0.271. The monoisotopic (exact) mass is 340 g/mol. The van der Waals surface area contributed by atoms with E-state index in [1.54, 1.807) is 19.2 Å². The highest BCUT2D eigenvalue weighted by Crippen LogP contribution is 2.15. The number of hydrogen-bond donors (Lipinski definition) is 1. The maximum atomic E-state index is 11.9. The second-order valence-corrected chi connectivity index (χ2v) is 4.99. The Morgan fingerprint density at radius 2 is 2.00 bits per heavy atom. The minimum absolute atomic E-state index is 0. The standard InChI is InChI=1S/C13H18Cl2N2O2.ClH/c1-3-4-5-10(16-2)13(18)19-8-9-6-11(14)17-12(15)7-9;/h6-7,10,16H,3-5,8H2,1-2H3;1H/t10-;/m0./s1. The number of likely N-dealkylation sites (N-methyl/N-ethyl adjacent to an activating group) is 1. The molecular weight excluding hydrogens is 323 g/mol. The van der Waals surface area contributed by atoms with Crippen molar-refractivity contribution in [1.82, 2.24) is 10.3 Å². The van der Waals surface area contributed by atoms with Crippen LogP contribution in [0.1, 0.15) is 31.7 Å². The first-order chi connectivity index (χ1) is 9.06. The number of halogens is 3. The highest BCUT2D eigenvalue weighted by Gasteiger charge is 2.17. The van der Waals surface area contributed by atoms with Gasteiger partial charge in [-0.3, -0.25) is 4.79 Å². The summed E-state index contributed by atoms with van der Waals surface area (Å²) in [4.78, 5) is 15.7. The van der Waals surface area contributed by atoms with Gasteiger partial charge in [0.25, 0.3) is 0 Å². The number of carbonyl (C=O) groups is 1. The van der Waals surface area contributed by atoms with Crippen molar-refractivity contribution >= 4 is 41.6 Å². The molecule has 20 heavy (non-hydrogen) atoms. The van der Waals surface area contributed by atoms with Crippen molar-refractivity contribution < 1.29 is 9.53 Å². The first-order valence-corrected chi connectivity index (χ1v) is 6.98. The van der Waals surface area contributed by atoms with Crippen LogP contribution in [-0.2, 0) is 16.1 Å². The summed E-state index contributed by atoms with van der Waals surface area (Å²) in [5, 5.41) is 3.53. The molecule has 7 heteroatoms. The lowest BCUT2D eigenvalue weighted by molar-refractivity contribution is -0.147. The van der Waals surface area contributed by atoms with Gasteiger partial charge in [-0.1, -0.05) is 43.0 Å². The summed E-state index contributed by atoms with van der Waals surface area (Å²) in [5.41, 5.74) is 0.726. The summed E-state index contributed by atoms with van der Waals surface area (Å²) in [5.74, 6) is -0.264. The molecule has 114 valence electrons. The maximum Gasteiger partial charge on any atom is 0.323 e. The molecule has 1 N–H and O–H groups in total. The third kappa shape index (κ3) is 6.75. The lowest BCUT2D eigenvalue weighted by Gasteiger charge is -2.14. The number of ether oxygens (including phenoxy) is 1. The van der Waals surface area contributed by atoms with Crippen molar-refractivity contribution in [1.29, 1.82) is 0 Å². The molecule has 1 atom stereocenters. The van der Waals surface area contributed by atoms with Gasteiger partial charge >= 0.3 is 5.97 Å². The lowest BCUT2D eigenvalue weighted by Crippen LogP contribution is -2.35. The van der Waals surface area contributed by atoms with Gasteiger partial charge in [-0.15, -0.1) is 12.4 Å². The third-order valence-electron chi connectivity index (χ3n) is 2.68. The van der Waals surface area contributed by atoms with Crippen molar-refractivity contribution in [2.45, 2.75) is 38.8 Å². The number of esters is 1. The number of carbonyl (C=O) groups excluding carboxylic acids is 1. The maximum absolute atomic E-state index is 11.9. The molecule has 0 aliphatic carbocycles. The Morgan fingerprint density at radius 1 is 1.40 bits per heavy atom. The van der Waals surface area contributed by atoms with Gasteiger partial charge < -0.3 is 10.1 Å². The molecule has 0 aromatic carbocycles. The van der Waals surface area contributed by atoms with E-state index >= 15 is 0 Å². The predicted molar refractivity (Wildman–Crippen MR) is 83.7 cm³/mol. The number of hydrogen-bond acceptors (Lipinski definition) is 4. The molecule has 1 rings (SSSR count). The van der Waals surface area contributed by atoms with Crippen molar-refractivity contribution in [3.05, 3.63) is 28.0 Å². The molecular formula is C13H19Cl3N2O2. The molecule has 1 aromatic rings. The highest BCUT2D eigenvalue weighted by molar-refractivity contribution is 6.32. The summed E-state index contributed by atoms with van der Waals surface area (Å²) in [6.07, 6.45) is 2.79. The van der Waals surface area contributed by atoms with Gasteiger partial charge in [-0.2, -0.15) is 0 Å². The molecule has 1 aromatic heterocycles. The molecule has 0 radical (unpaired) electrons. The van der Waals surface area contributed by atoms with Gasteiger partial charge in [0.05, 0.1) is 0 Å². The molecule has 0 unspecified atom stereocenters. The van der Waals surface area contributed by atoms with Crippen LogP contribution in [0.15, 0.2) is 12.1 Å². The first kappa shape index (κ1) is 19.4. The smallest absolute Gasteiger partial charge is 0.323 e. The second-order valence-electron chi connectivity index (χ2n) is 4.21. The Hall–Kier alpha value is -0.550. The number of aromatic nitrogens is 1. The van der Waals surface area contributed by atoms with Crippen LogP contribution in [0, 0.1) is 0 Å². The largest absolute Gasteiger partial charge is 0.460 e. The van der Waals surface area contributed by atoms with Gasteiger partial charge in [0, 0.05) is 0 Å². The van der Waals surface area contributed by atoms with Crippen molar-refractivity contribution in [2.24, 2.45) is 0 Å². The predicted octanol–water partition coefficient (Wildman–Crippen LogP) is 3.63. The van der Waals surface area contributed by atoms with E-state index < -0.39 is 0 Å². The van der Waals surface area contributed by atoms with Gasteiger partial charge in [0.2, 0.25) is 0 Å². The Kier molecular flexibility index (Phi) is 9.94. The summed E-state index contributed by atoms with van der Waals surface area (Å²) in [7, 11) is 1.75. The average Bonchev–Trinajstić information content (AvgIpc) is 2.36. The van der Waals surface area contributed by atoms with Crippen molar-refractivity contribution in [3.63, 3.8) is 0 Å². The zero-order valence-electron chi connectivity index (χ0n) is 11.5. The molecule has 0 fully saturated rings. The highest BCUT2D eigenvalue weighted by atomic mass is 35.5. The molecule has 0 aliphatic rings. The van der Waals surface area contributed by atoms with Crippen LogP contribution in [0.5, 0.6) is 0 Å². The zero-order valence-corrected chi connectivity index (χ0v) is 13.8. The third-order valence-corrected chi connectivity index (χ3v) is 3.07. The Bertz CT molecular complexity index is 410. The number of nitrogens with zero attached hydrogens (tertiary/aromatic N) is 1. The van der Waals surface area contributed by atoms with Crippen LogP contribution in [-0.4, -0.2) is 24.0 Å². The van der Waals surface area contributed by atoms with E-state index in [1.165, 1.54) is 0 Å². The molecule has 0 spiro atoms. The fourth-order valence-corrected chi connectivity index (χ4v) is 2.15. The minimum Gasteiger partial charge on any atom is -0.460 e.